The molecule has 1 aliphatic carbocycles. The van der Waals surface area contributed by atoms with Crippen LogP contribution in [-0.4, -0.2) is 60.7 Å². The average Bonchev–Trinajstić information content (AvgIpc) is 2.97. The molecular formula is C21H26N4O4. The Hall–Kier alpha value is -2.74. The van der Waals surface area contributed by atoms with Gasteiger partial charge in [0.05, 0.1) is 11.1 Å². The summed E-state index contributed by atoms with van der Waals surface area (Å²) in [6, 6.07) is 5.03. The number of carbonyl (C=O) groups is 4. The van der Waals surface area contributed by atoms with Crippen molar-refractivity contribution in [3.05, 3.63) is 29.3 Å². The first-order valence-electron chi connectivity index (χ1n) is 10.2. The van der Waals surface area contributed by atoms with Gasteiger partial charge < -0.3 is 10.2 Å². The lowest BCUT2D eigenvalue weighted by Crippen LogP contribution is -2.54. The number of nitrogens with one attached hydrogen (secondary N) is 2. The maximum absolute atomic E-state index is 13.0. The molecule has 1 saturated carbocycles. The molecule has 8 heteroatoms. The Bertz CT molecular complexity index is 883. The molecule has 0 bridgehead atoms. The van der Waals surface area contributed by atoms with E-state index in [1.54, 1.807) is 12.1 Å². The molecule has 2 fully saturated rings. The number of hydrogen-bond donors (Lipinski definition) is 2. The molecule has 3 unspecified atom stereocenters. The van der Waals surface area contributed by atoms with Crippen molar-refractivity contribution < 1.29 is 19.2 Å². The van der Waals surface area contributed by atoms with Crippen LogP contribution in [0.1, 0.15) is 59.2 Å². The number of nitrogens with zero attached hydrogens (tertiary/aromatic N) is 2. The van der Waals surface area contributed by atoms with Gasteiger partial charge in [0, 0.05) is 31.2 Å². The van der Waals surface area contributed by atoms with E-state index in [-0.39, 0.29) is 18.7 Å². The lowest BCUT2D eigenvalue weighted by molar-refractivity contribution is -0.136. The van der Waals surface area contributed by atoms with E-state index in [1.165, 1.54) is 12.8 Å². The summed E-state index contributed by atoms with van der Waals surface area (Å²) in [6.07, 6.45) is 4.82. The van der Waals surface area contributed by atoms with Crippen molar-refractivity contribution in [3.63, 3.8) is 0 Å². The van der Waals surface area contributed by atoms with Crippen molar-refractivity contribution in [3.8, 4) is 0 Å². The van der Waals surface area contributed by atoms with Gasteiger partial charge in [0.1, 0.15) is 6.04 Å². The number of imide groups is 2. The summed E-state index contributed by atoms with van der Waals surface area (Å²) in [7, 11) is 3.99. The third kappa shape index (κ3) is 3.31. The van der Waals surface area contributed by atoms with E-state index in [2.05, 4.69) is 15.5 Å². The lowest BCUT2D eigenvalue weighted by Gasteiger charge is -2.39. The third-order valence-electron chi connectivity index (χ3n) is 6.43. The number of benzene rings is 1. The number of anilines is 1. The molecule has 2 N–H and O–H groups in total. The number of amides is 4. The zero-order valence-electron chi connectivity index (χ0n) is 16.7. The highest BCUT2D eigenvalue weighted by atomic mass is 16.2. The highest BCUT2D eigenvalue weighted by molar-refractivity contribution is 6.23. The Morgan fingerprint density at radius 3 is 2.48 bits per heavy atom. The van der Waals surface area contributed by atoms with E-state index in [1.807, 2.05) is 20.2 Å². The van der Waals surface area contributed by atoms with Gasteiger partial charge in [-0.25, -0.2) is 0 Å². The summed E-state index contributed by atoms with van der Waals surface area (Å²) >= 11 is 0. The Morgan fingerprint density at radius 2 is 1.76 bits per heavy atom. The zero-order chi connectivity index (χ0) is 20.7. The van der Waals surface area contributed by atoms with E-state index in [0.29, 0.717) is 23.2 Å². The molecule has 154 valence electrons. The van der Waals surface area contributed by atoms with E-state index < -0.39 is 23.8 Å². The van der Waals surface area contributed by atoms with E-state index in [0.717, 1.165) is 23.4 Å². The summed E-state index contributed by atoms with van der Waals surface area (Å²) < 4.78 is 0. The minimum absolute atomic E-state index is 0.116. The lowest BCUT2D eigenvalue weighted by atomic mass is 9.89. The Kier molecular flexibility index (Phi) is 5.12. The molecule has 2 heterocycles. The first-order chi connectivity index (χ1) is 13.9. The normalized spacial score (nSPS) is 27.1. The van der Waals surface area contributed by atoms with Crippen LogP contribution in [-0.2, 0) is 9.59 Å². The van der Waals surface area contributed by atoms with Crippen LogP contribution in [0.4, 0.5) is 5.69 Å². The first-order valence-corrected chi connectivity index (χ1v) is 10.2. The predicted molar refractivity (Wildman–Crippen MR) is 107 cm³/mol. The number of carbonyl (C=O) groups excluding carboxylic acids is 4. The Morgan fingerprint density at radius 1 is 1.03 bits per heavy atom. The number of piperidine rings is 1. The topological polar surface area (TPSA) is 98.8 Å². The molecule has 2 aliphatic heterocycles. The van der Waals surface area contributed by atoms with Crippen LogP contribution >= 0.6 is 0 Å². The number of likely N-dealkylation sites (N-methyl/N-ethyl adjacent to an activating group) is 2. The van der Waals surface area contributed by atoms with Crippen molar-refractivity contribution in [1.29, 1.82) is 0 Å². The van der Waals surface area contributed by atoms with Crippen LogP contribution in [0.3, 0.4) is 0 Å². The van der Waals surface area contributed by atoms with Crippen LogP contribution in [0, 0.1) is 0 Å². The molecule has 1 saturated heterocycles. The number of rotatable bonds is 4. The van der Waals surface area contributed by atoms with Gasteiger partial charge in [0.25, 0.3) is 11.8 Å². The maximum Gasteiger partial charge on any atom is 0.262 e. The second kappa shape index (κ2) is 7.59. The fourth-order valence-electron chi connectivity index (χ4n) is 4.78. The molecule has 4 amide bonds. The quantitative estimate of drug-likeness (QED) is 0.736. The molecule has 29 heavy (non-hydrogen) atoms. The van der Waals surface area contributed by atoms with E-state index in [4.69, 9.17) is 0 Å². The maximum atomic E-state index is 13.0. The fraction of sp³-hybridized carbons (Fsp3) is 0.524. The van der Waals surface area contributed by atoms with Gasteiger partial charge in [-0.3, -0.25) is 29.4 Å². The predicted octanol–water partition coefficient (Wildman–Crippen LogP) is 1.05. The number of hydrogen-bond acceptors (Lipinski definition) is 6. The van der Waals surface area contributed by atoms with Gasteiger partial charge in [0.2, 0.25) is 11.8 Å². The molecule has 3 atom stereocenters. The van der Waals surface area contributed by atoms with Crippen LogP contribution in [0.25, 0.3) is 0 Å². The molecule has 0 radical (unpaired) electrons. The van der Waals surface area contributed by atoms with Gasteiger partial charge in [-0.2, -0.15) is 0 Å². The molecule has 4 rings (SSSR count). The second-order valence-corrected chi connectivity index (χ2v) is 8.03. The number of fused-ring (bicyclic) bond motifs is 1. The molecule has 1 aromatic carbocycles. The largest absolute Gasteiger partial charge is 0.370 e. The van der Waals surface area contributed by atoms with Gasteiger partial charge >= 0.3 is 0 Å². The van der Waals surface area contributed by atoms with Gasteiger partial charge in [-0.05, 0) is 44.5 Å². The SMILES string of the molecule is CNC1CCCCC1N(C)c1ccc2c(c1)C(=O)N(C1CCC(=O)NC1=O)C2=O. The van der Waals surface area contributed by atoms with Crippen LogP contribution in [0.5, 0.6) is 0 Å². The smallest absolute Gasteiger partial charge is 0.262 e. The summed E-state index contributed by atoms with van der Waals surface area (Å²) in [6.45, 7) is 0. The molecule has 8 nitrogen and oxygen atoms in total. The van der Waals surface area contributed by atoms with E-state index in [9.17, 15) is 19.2 Å². The Labute approximate surface area is 169 Å². The minimum atomic E-state index is -0.937. The zero-order valence-corrected chi connectivity index (χ0v) is 16.7. The van der Waals surface area contributed by atoms with Crippen molar-refractivity contribution >= 4 is 29.3 Å². The summed E-state index contributed by atoms with van der Waals surface area (Å²) in [5.41, 5.74) is 1.51. The molecule has 0 spiro atoms. The van der Waals surface area contributed by atoms with Gasteiger partial charge in [-0.1, -0.05) is 12.8 Å². The average molecular weight is 398 g/mol. The van der Waals surface area contributed by atoms with Crippen molar-refractivity contribution in [2.75, 3.05) is 19.0 Å². The van der Waals surface area contributed by atoms with E-state index >= 15 is 0 Å². The van der Waals surface area contributed by atoms with Crippen molar-refractivity contribution in [2.24, 2.45) is 0 Å². The molecule has 1 aromatic rings. The molecule has 3 aliphatic rings. The highest BCUT2D eigenvalue weighted by Gasteiger charge is 2.44. The summed E-state index contributed by atoms with van der Waals surface area (Å²) in [5, 5.41) is 5.61. The first kappa shape index (κ1) is 19.6. The second-order valence-electron chi connectivity index (χ2n) is 8.03. The van der Waals surface area contributed by atoms with Crippen LogP contribution in [0.2, 0.25) is 0 Å². The van der Waals surface area contributed by atoms with Crippen molar-refractivity contribution in [1.82, 2.24) is 15.5 Å². The van der Waals surface area contributed by atoms with Gasteiger partial charge in [-0.15, -0.1) is 0 Å². The summed E-state index contributed by atoms with van der Waals surface area (Å²) in [5.74, 6) is -1.91. The fourth-order valence-corrected chi connectivity index (χ4v) is 4.78. The third-order valence-corrected chi connectivity index (χ3v) is 6.43. The molecule has 0 aromatic heterocycles. The van der Waals surface area contributed by atoms with Gasteiger partial charge in [0.15, 0.2) is 0 Å². The standard InChI is InChI=1S/C21H26N4O4/c1-22-15-5-3-4-6-16(15)24(2)12-7-8-13-14(11-12)21(29)25(20(13)28)17-9-10-18(26)23-19(17)27/h7-8,11,15-17,22H,3-6,9-10H2,1-2H3,(H,23,26,27). The molecular weight excluding hydrogens is 372 g/mol. The Balaban J connectivity index is 1.60. The minimum Gasteiger partial charge on any atom is -0.370 e. The van der Waals surface area contributed by atoms with Crippen LogP contribution < -0.4 is 15.5 Å². The monoisotopic (exact) mass is 398 g/mol. The van der Waals surface area contributed by atoms with Crippen molar-refractivity contribution in [2.45, 2.75) is 56.7 Å². The summed E-state index contributed by atoms with van der Waals surface area (Å²) in [4.78, 5) is 52.6. The van der Waals surface area contributed by atoms with Crippen LogP contribution in [0.15, 0.2) is 18.2 Å². The highest BCUT2D eigenvalue weighted by Crippen LogP contribution is 2.32.